The van der Waals surface area contributed by atoms with Crippen molar-refractivity contribution in [1.82, 2.24) is 10.2 Å². The average Bonchev–Trinajstić information content (AvgIpc) is 2.27. The molecule has 6 heteroatoms. The van der Waals surface area contributed by atoms with Crippen molar-refractivity contribution in [2.45, 2.75) is 39.2 Å². The maximum absolute atomic E-state index is 11.7. The number of carbonyl (C=O) groups excluding carboxylic acids is 1. The Bertz CT molecular complexity index is 299. The minimum atomic E-state index is -0.872. The molecule has 0 aromatic carbocycles. The van der Waals surface area contributed by atoms with Gasteiger partial charge in [-0.1, -0.05) is 0 Å². The standard InChI is InChI=1S/C11H19N3O3/c1-3-14(8-4-7-12)11(17)13-9(2)5-6-10(15)16/h9H,3-6,8H2,1-2H3,(H,13,17)(H,15,16). The van der Waals surface area contributed by atoms with Crippen molar-refractivity contribution in [3.8, 4) is 6.07 Å². The molecule has 0 fully saturated rings. The van der Waals surface area contributed by atoms with Gasteiger partial charge in [0.1, 0.15) is 0 Å². The molecular formula is C11H19N3O3. The third-order valence-corrected chi connectivity index (χ3v) is 2.32. The van der Waals surface area contributed by atoms with Crippen LogP contribution >= 0.6 is 0 Å². The minimum absolute atomic E-state index is 0.0335. The summed E-state index contributed by atoms with van der Waals surface area (Å²) in [6.07, 6.45) is 0.730. The first-order valence-electron chi connectivity index (χ1n) is 5.65. The van der Waals surface area contributed by atoms with E-state index in [2.05, 4.69) is 5.32 Å². The van der Waals surface area contributed by atoms with Crippen LogP contribution in [0.3, 0.4) is 0 Å². The number of carboxylic acids is 1. The molecule has 96 valence electrons. The third kappa shape index (κ3) is 7.17. The van der Waals surface area contributed by atoms with E-state index in [1.807, 2.05) is 13.0 Å². The number of nitriles is 1. The molecule has 0 radical (unpaired) electrons. The third-order valence-electron chi connectivity index (χ3n) is 2.32. The molecule has 2 N–H and O–H groups in total. The lowest BCUT2D eigenvalue weighted by molar-refractivity contribution is -0.137. The molecule has 6 nitrogen and oxygen atoms in total. The highest BCUT2D eigenvalue weighted by Gasteiger charge is 2.14. The van der Waals surface area contributed by atoms with E-state index in [1.54, 1.807) is 6.92 Å². The summed E-state index contributed by atoms with van der Waals surface area (Å²) in [4.78, 5) is 23.6. The maximum atomic E-state index is 11.7. The average molecular weight is 241 g/mol. The van der Waals surface area contributed by atoms with E-state index >= 15 is 0 Å². The molecular weight excluding hydrogens is 222 g/mol. The van der Waals surface area contributed by atoms with Crippen molar-refractivity contribution in [3.63, 3.8) is 0 Å². The van der Waals surface area contributed by atoms with Crippen molar-refractivity contribution in [2.75, 3.05) is 13.1 Å². The Hall–Kier alpha value is -1.77. The minimum Gasteiger partial charge on any atom is -0.481 e. The van der Waals surface area contributed by atoms with Crippen molar-refractivity contribution < 1.29 is 14.7 Å². The largest absolute Gasteiger partial charge is 0.481 e. The fourth-order valence-corrected chi connectivity index (χ4v) is 1.30. The van der Waals surface area contributed by atoms with Crippen LogP contribution in [0, 0.1) is 11.3 Å². The second-order valence-electron chi connectivity index (χ2n) is 3.77. The first-order valence-corrected chi connectivity index (χ1v) is 5.65. The van der Waals surface area contributed by atoms with Gasteiger partial charge in [0.05, 0.1) is 12.5 Å². The lowest BCUT2D eigenvalue weighted by atomic mass is 10.2. The quantitative estimate of drug-likeness (QED) is 0.700. The Kier molecular flexibility index (Phi) is 7.52. The lowest BCUT2D eigenvalue weighted by Crippen LogP contribution is -2.44. The molecule has 1 atom stereocenters. The van der Waals surface area contributed by atoms with Crippen molar-refractivity contribution in [3.05, 3.63) is 0 Å². The highest BCUT2D eigenvalue weighted by atomic mass is 16.4. The molecule has 0 spiro atoms. The summed E-state index contributed by atoms with van der Waals surface area (Å²) < 4.78 is 0. The van der Waals surface area contributed by atoms with Crippen molar-refractivity contribution >= 4 is 12.0 Å². The molecule has 0 saturated heterocycles. The molecule has 0 aliphatic heterocycles. The Morgan fingerprint density at radius 2 is 2.18 bits per heavy atom. The molecule has 0 aromatic rings. The summed E-state index contributed by atoms with van der Waals surface area (Å²) in [5.74, 6) is -0.872. The Balaban J connectivity index is 4.03. The van der Waals surface area contributed by atoms with E-state index in [-0.39, 0.29) is 18.5 Å². The number of nitrogens with one attached hydrogen (secondary N) is 1. The highest BCUT2D eigenvalue weighted by molar-refractivity contribution is 5.74. The van der Waals surface area contributed by atoms with Crippen LogP contribution in [0.1, 0.15) is 33.1 Å². The fraction of sp³-hybridized carbons (Fsp3) is 0.727. The number of amides is 2. The number of rotatable bonds is 7. The molecule has 2 amide bonds. The van der Waals surface area contributed by atoms with Crippen molar-refractivity contribution in [1.29, 1.82) is 5.26 Å². The molecule has 1 unspecified atom stereocenters. The van der Waals surface area contributed by atoms with Gasteiger partial charge in [0.25, 0.3) is 0 Å². The number of nitrogens with zero attached hydrogens (tertiary/aromatic N) is 2. The van der Waals surface area contributed by atoms with Crippen LogP contribution in [-0.4, -0.2) is 41.1 Å². The number of urea groups is 1. The number of hydrogen-bond donors (Lipinski definition) is 2. The van der Waals surface area contributed by atoms with Crippen LogP contribution in [0.4, 0.5) is 4.79 Å². The van der Waals surface area contributed by atoms with Crippen LogP contribution in [-0.2, 0) is 4.79 Å². The van der Waals surface area contributed by atoms with E-state index in [1.165, 1.54) is 4.90 Å². The van der Waals surface area contributed by atoms with Gasteiger partial charge in [-0.2, -0.15) is 5.26 Å². The Morgan fingerprint density at radius 1 is 1.53 bits per heavy atom. The van der Waals surface area contributed by atoms with Gasteiger partial charge in [-0.05, 0) is 20.3 Å². The molecule has 0 aromatic heterocycles. The summed E-state index contributed by atoms with van der Waals surface area (Å²) in [7, 11) is 0. The maximum Gasteiger partial charge on any atom is 0.317 e. The molecule has 0 aliphatic rings. The van der Waals surface area contributed by atoms with Gasteiger partial charge in [-0.25, -0.2) is 4.79 Å². The Morgan fingerprint density at radius 3 is 2.65 bits per heavy atom. The number of aliphatic carboxylic acids is 1. The van der Waals surface area contributed by atoms with E-state index < -0.39 is 5.97 Å². The van der Waals surface area contributed by atoms with E-state index in [0.717, 1.165) is 0 Å². The molecule has 0 aliphatic carbocycles. The summed E-state index contributed by atoms with van der Waals surface area (Å²) in [6, 6.07) is 1.55. The van der Waals surface area contributed by atoms with Gasteiger partial charge >= 0.3 is 12.0 Å². The van der Waals surface area contributed by atoms with Gasteiger partial charge in [0, 0.05) is 25.6 Å². The predicted molar refractivity (Wildman–Crippen MR) is 62.3 cm³/mol. The summed E-state index contributed by atoms with van der Waals surface area (Å²) in [6.45, 7) is 4.52. The molecule has 17 heavy (non-hydrogen) atoms. The zero-order chi connectivity index (χ0) is 13.3. The summed E-state index contributed by atoms with van der Waals surface area (Å²) in [5, 5.41) is 19.7. The Labute approximate surface area is 101 Å². The second-order valence-corrected chi connectivity index (χ2v) is 3.77. The van der Waals surface area contributed by atoms with Crippen LogP contribution in [0.15, 0.2) is 0 Å². The van der Waals surface area contributed by atoms with Crippen LogP contribution in [0.25, 0.3) is 0 Å². The molecule has 0 rings (SSSR count). The van der Waals surface area contributed by atoms with Crippen LogP contribution in [0.2, 0.25) is 0 Å². The number of carbonyl (C=O) groups is 2. The van der Waals surface area contributed by atoms with Gasteiger partial charge in [0.2, 0.25) is 0 Å². The summed E-state index contributed by atoms with van der Waals surface area (Å²) in [5.41, 5.74) is 0. The van der Waals surface area contributed by atoms with Gasteiger partial charge in [-0.3, -0.25) is 4.79 Å². The topological polar surface area (TPSA) is 93.4 Å². The van der Waals surface area contributed by atoms with Crippen LogP contribution in [0.5, 0.6) is 0 Å². The zero-order valence-corrected chi connectivity index (χ0v) is 10.3. The van der Waals surface area contributed by atoms with E-state index in [9.17, 15) is 9.59 Å². The molecule has 0 saturated carbocycles. The van der Waals surface area contributed by atoms with Gasteiger partial charge in [-0.15, -0.1) is 0 Å². The van der Waals surface area contributed by atoms with Gasteiger partial charge in [0.15, 0.2) is 0 Å². The summed E-state index contributed by atoms with van der Waals surface area (Å²) >= 11 is 0. The second kappa shape index (κ2) is 8.39. The smallest absolute Gasteiger partial charge is 0.317 e. The SMILES string of the molecule is CCN(CCC#N)C(=O)NC(C)CCC(=O)O. The van der Waals surface area contributed by atoms with E-state index in [4.69, 9.17) is 10.4 Å². The normalized spacial score (nSPS) is 11.4. The molecule has 0 heterocycles. The lowest BCUT2D eigenvalue weighted by Gasteiger charge is -2.22. The zero-order valence-electron chi connectivity index (χ0n) is 10.3. The first kappa shape index (κ1) is 15.2. The van der Waals surface area contributed by atoms with Crippen LogP contribution < -0.4 is 5.32 Å². The first-order chi connectivity index (χ1) is 8.01. The fourth-order valence-electron chi connectivity index (χ4n) is 1.30. The van der Waals surface area contributed by atoms with E-state index in [0.29, 0.717) is 25.9 Å². The number of carboxylic acid groups (broad SMARTS) is 1. The van der Waals surface area contributed by atoms with Crippen molar-refractivity contribution in [2.24, 2.45) is 0 Å². The molecule has 0 bridgehead atoms. The predicted octanol–water partition coefficient (Wildman–Crippen LogP) is 1.18. The number of hydrogen-bond acceptors (Lipinski definition) is 3. The van der Waals surface area contributed by atoms with Gasteiger partial charge < -0.3 is 15.3 Å². The monoisotopic (exact) mass is 241 g/mol. The highest BCUT2D eigenvalue weighted by Crippen LogP contribution is 1.99.